The molecule has 0 aliphatic carbocycles. The molecule has 1 fully saturated rings. The average Bonchev–Trinajstić information content (AvgIpc) is 2.85. The molecule has 1 aromatic rings. The molecule has 1 aromatic heterocycles. The molecular formula is C12H20N4O2. The molecule has 0 saturated carbocycles. The topological polar surface area (TPSA) is 71.2 Å². The van der Waals surface area contributed by atoms with Crippen LogP contribution in [0.25, 0.3) is 0 Å². The standard InChI is InChI=1S/C12H20N4O2/c1-8(2)16-11(13-7-14-16)6-15-4-9(3)10(5-15)12(17)18/h7-10H,4-6H2,1-3H3,(H,17,18). The zero-order valence-corrected chi connectivity index (χ0v) is 11.1. The van der Waals surface area contributed by atoms with E-state index in [2.05, 4.69) is 28.8 Å². The lowest BCUT2D eigenvalue weighted by Gasteiger charge is -2.16. The van der Waals surface area contributed by atoms with Gasteiger partial charge in [0.1, 0.15) is 12.2 Å². The van der Waals surface area contributed by atoms with Crippen molar-refractivity contribution in [2.45, 2.75) is 33.4 Å². The van der Waals surface area contributed by atoms with E-state index in [1.807, 2.05) is 11.6 Å². The first-order valence-electron chi connectivity index (χ1n) is 6.32. The molecule has 0 aromatic carbocycles. The van der Waals surface area contributed by atoms with Crippen molar-refractivity contribution in [2.24, 2.45) is 11.8 Å². The van der Waals surface area contributed by atoms with Gasteiger partial charge >= 0.3 is 5.97 Å². The fourth-order valence-electron chi connectivity index (χ4n) is 2.54. The van der Waals surface area contributed by atoms with Gasteiger partial charge in [-0.3, -0.25) is 9.69 Å². The molecule has 6 nitrogen and oxygen atoms in total. The molecule has 0 spiro atoms. The van der Waals surface area contributed by atoms with Crippen LogP contribution in [0, 0.1) is 11.8 Å². The van der Waals surface area contributed by atoms with Crippen LogP contribution in [0.1, 0.15) is 32.6 Å². The minimum absolute atomic E-state index is 0.193. The van der Waals surface area contributed by atoms with Crippen LogP contribution in [0.4, 0.5) is 0 Å². The molecule has 2 unspecified atom stereocenters. The Hall–Kier alpha value is -1.43. The summed E-state index contributed by atoms with van der Waals surface area (Å²) in [6.45, 7) is 8.19. The highest BCUT2D eigenvalue weighted by Gasteiger charge is 2.35. The van der Waals surface area contributed by atoms with Crippen molar-refractivity contribution in [3.63, 3.8) is 0 Å². The monoisotopic (exact) mass is 252 g/mol. The maximum absolute atomic E-state index is 11.1. The van der Waals surface area contributed by atoms with Crippen LogP contribution in [-0.4, -0.2) is 43.8 Å². The Morgan fingerprint density at radius 1 is 1.56 bits per heavy atom. The maximum atomic E-state index is 11.1. The van der Waals surface area contributed by atoms with E-state index in [-0.39, 0.29) is 17.9 Å². The summed E-state index contributed by atoms with van der Waals surface area (Å²) in [4.78, 5) is 17.5. The Morgan fingerprint density at radius 2 is 2.28 bits per heavy atom. The minimum Gasteiger partial charge on any atom is -0.481 e. The molecule has 1 aliphatic heterocycles. The number of carbonyl (C=O) groups is 1. The molecule has 0 amide bonds. The van der Waals surface area contributed by atoms with Crippen LogP contribution in [0.15, 0.2) is 6.33 Å². The summed E-state index contributed by atoms with van der Waals surface area (Å²) in [6.07, 6.45) is 1.56. The van der Waals surface area contributed by atoms with Gasteiger partial charge in [-0.2, -0.15) is 5.10 Å². The van der Waals surface area contributed by atoms with Crippen LogP contribution in [0.3, 0.4) is 0 Å². The summed E-state index contributed by atoms with van der Waals surface area (Å²) in [6, 6.07) is 0.276. The van der Waals surface area contributed by atoms with Gasteiger partial charge < -0.3 is 5.11 Å². The first-order valence-corrected chi connectivity index (χ1v) is 6.32. The number of hydrogen-bond acceptors (Lipinski definition) is 4. The van der Waals surface area contributed by atoms with Gasteiger partial charge in [0.2, 0.25) is 0 Å². The molecular weight excluding hydrogens is 232 g/mol. The van der Waals surface area contributed by atoms with E-state index in [1.165, 1.54) is 0 Å². The number of aliphatic carboxylic acids is 1. The summed E-state index contributed by atoms with van der Waals surface area (Å²) >= 11 is 0. The quantitative estimate of drug-likeness (QED) is 0.866. The number of likely N-dealkylation sites (tertiary alicyclic amines) is 1. The van der Waals surface area contributed by atoms with Crippen molar-refractivity contribution in [3.05, 3.63) is 12.2 Å². The normalized spacial score (nSPS) is 24.9. The molecule has 18 heavy (non-hydrogen) atoms. The smallest absolute Gasteiger partial charge is 0.308 e. The highest BCUT2D eigenvalue weighted by Crippen LogP contribution is 2.24. The largest absolute Gasteiger partial charge is 0.481 e. The number of hydrogen-bond donors (Lipinski definition) is 1. The second kappa shape index (κ2) is 5.06. The summed E-state index contributed by atoms with van der Waals surface area (Å²) < 4.78 is 1.89. The lowest BCUT2D eigenvalue weighted by molar-refractivity contribution is -0.142. The maximum Gasteiger partial charge on any atom is 0.308 e. The first-order chi connectivity index (χ1) is 8.49. The van der Waals surface area contributed by atoms with E-state index in [0.717, 1.165) is 12.4 Å². The lowest BCUT2D eigenvalue weighted by Crippen LogP contribution is -2.25. The average molecular weight is 252 g/mol. The van der Waals surface area contributed by atoms with Crippen molar-refractivity contribution in [2.75, 3.05) is 13.1 Å². The molecule has 1 N–H and O–H groups in total. The Morgan fingerprint density at radius 3 is 2.83 bits per heavy atom. The highest BCUT2D eigenvalue weighted by molar-refractivity contribution is 5.71. The molecule has 2 heterocycles. The van der Waals surface area contributed by atoms with E-state index in [1.54, 1.807) is 6.33 Å². The van der Waals surface area contributed by atoms with Gasteiger partial charge in [0, 0.05) is 19.1 Å². The van der Waals surface area contributed by atoms with Gasteiger partial charge in [-0.15, -0.1) is 0 Å². The van der Waals surface area contributed by atoms with Crippen LogP contribution in [-0.2, 0) is 11.3 Å². The van der Waals surface area contributed by atoms with Crippen molar-refractivity contribution in [1.29, 1.82) is 0 Å². The second-order valence-electron chi connectivity index (χ2n) is 5.33. The summed E-state index contributed by atoms with van der Waals surface area (Å²) in [5.74, 6) is 0.136. The Labute approximate surface area is 107 Å². The Balaban J connectivity index is 2.03. The van der Waals surface area contributed by atoms with Crippen molar-refractivity contribution in [1.82, 2.24) is 19.7 Å². The Kier molecular flexibility index (Phi) is 3.65. The number of rotatable bonds is 4. The third kappa shape index (κ3) is 2.53. The summed E-state index contributed by atoms with van der Waals surface area (Å²) in [5, 5.41) is 13.3. The fourth-order valence-corrected chi connectivity index (χ4v) is 2.54. The fraction of sp³-hybridized carbons (Fsp3) is 0.750. The predicted molar refractivity (Wildman–Crippen MR) is 66.0 cm³/mol. The zero-order chi connectivity index (χ0) is 13.3. The number of nitrogens with zero attached hydrogens (tertiary/aromatic N) is 4. The van der Waals surface area contributed by atoms with Gasteiger partial charge in [-0.05, 0) is 19.8 Å². The molecule has 6 heteroatoms. The highest BCUT2D eigenvalue weighted by atomic mass is 16.4. The molecule has 2 rings (SSSR count). The zero-order valence-electron chi connectivity index (χ0n) is 11.1. The summed E-state index contributed by atoms with van der Waals surface area (Å²) in [5.41, 5.74) is 0. The molecule has 1 saturated heterocycles. The van der Waals surface area contributed by atoms with E-state index in [0.29, 0.717) is 13.1 Å². The van der Waals surface area contributed by atoms with E-state index in [4.69, 9.17) is 5.11 Å². The number of carboxylic acids is 1. The number of aromatic nitrogens is 3. The van der Waals surface area contributed by atoms with Gasteiger partial charge in [0.15, 0.2) is 0 Å². The molecule has 1 aliphatic rings. The van der Waals surface area contributed by atoms with Gasteiger partial charge in [-0.25, -0.2) is 9.67 Å². The van der Waals surface area contributed by atoms with Gasteiger partial charge in [-0.1, -0.05) is 6.92 Å². The van der Waals surface area contributed by atoms with Crippen LogP contribution >= 0.6 is 0 Å². The molecule has 100 valence electrons. The van der Waals surface area contributed by atoms with Gasteiger partial charge in [0.25, 0.3) is 0 Å². The third-order valence-electron chi connectivity index (χ3n) is 3.51. The Bertz CT molecular complexity index is 429. The molecule has 0 bridgehead atoms. The van der Waals surface area contributed by atoms with Gasteiger partial charge in [0.05, 0.1) is 12.5 Å². The molecule has 2 atom stereocenters. The number of carboxylic acid groups (broad SMARTS) is 1. The third-order valence-corrected chi connectivity index (χ3v) is 3.51. The minimum atomic E-state index is -0.699. The van der Waals surface area contributed by atoms with E-state index in [9.17, 15) is 4.79 Å². The summed E-state index contributed by atoms with van der Waals surface area (Å²) in [7, 11) is 0. The van der Waals surface area contributed by atoms with Crippen molar-refractivity contribution >= 4 is 5.97 Å². The van der Waals surface area contributed by atoms with Crippen molar-refractivity contribution in [3.8, 4) is 0 Å². The van der Waals surface area contributed by atoms with E-state index < -0.39 is 5.97 Å². The van der Waals surface area contributed by atoms with Crippen molar-refractivity contribution < 1.29 is 9.90 Å². The first kappa shape index (κ1) is 13.0. The second-order valence-corrected chi connectivity index (χ2v) is 5.33. The van der Waals surface area contributed by atoms with Crippen LogP contribution in [0.5, 0.6) is 0 Å². The molecule has 0 radical (unpaired) electrons. The van der Waals surface area contributed by atoms with Crippen LogP contribution in [0.2, 0.25) is 0 Å². The predicted octanol–water partition coefficient (Wildman–Crippen LogP) is 1.01. The van der Waals surface area contributed by atoms with Crippen LogP contribution < -0.4 is 0 Å². The SMILES string of the molecule is CC1CN(Cc2ncnn2C(C)C)CC1C(=O)O. The van der Waals surface area contributed by atoms with E-state index >= 15 is 0 Å². The lowest BCUT2D eigenvalue weighted by atomic mass is 9.99.